The van der Waals surface area contributed by atoms with Crippen LogP contribution >= 0.6 is 0 Å². The zero-order valence-corrected chi connectivity index (χ0v) is 11.9. The Balaban J connectivity index is 0.00000441. The Kier molecular flexibility index (Phi) is 8.42. The molecule has 0 radical (unpaired) electrons. The van der Waals surface area contributed by atoms with E-state index in [9.17, 15) is 14.4 Å². The molecule has 0 saturated heterocycles. The van der Waals surface area contributed by atoms with E-state index in [4.69, 9.17) is 15.9 Å². The van der Waals surface area contributed by atoms with Crippen LogP contribution in [-0.4, -0.2) is 45.6 Å². The Bertz CT molecular complexity index is 505. The number of carboxylic acid groups (broad SMARTS) is 2. The van der Waals surface area contributed by atoms with Gasteiger partial charge in [0.1, 0.15) is 12.1 Å². The molecule has 1 rings (SSSR count). The van der Waals surface area contributed by atoms with Gasteiger partial charge in [0.15, 0.2) is 0 Å². The summed E-state index contributed by atoms with van der Waals surface area (Å²) in [6, 6.07) is 6.72. The minimum absolute atomic E-state index is 0. The molecule has 0 unspecified atom stereocenters. The highest BCUT2D eigenvalue weighted by Gasteiger charge is 2.21. The average Bonchev–Trinajstić information content (AvgIpc) is 2.44. The third-order valence-electron chi connectivity index (χ3n) is 2.92. The van der Waals surface area contributed by atoms with E-state index in [0.29, 0.717) is 0 Å². The first kappa shape index (κ1) is 19.6. The van der Waals surface area contributed by atoms with Crippen LogP contribution in [0.25, 0.3) is 0 Å². The monoisotopic (exact) mass is 312 g/mol. The van der Waals surface area contributed by atoms with E-state index in [2.05, 4.69) is 5.32 Å². The maximum atomic E-state index is 11.7. The number of nitrogens with two attached hydrogens (primary N) is 1. The number of carboxylic acids is 2. The molecule has 0 bridgehead atoms. The first-order chi connectivity index (χ1) is 9.90. The van der Waals surface area contributed by atoms with E-state index in [1.165, 1.54) is 0 Å². The Morgan fingerprint density at radius 3 is 2.18 bits per heavy atom. The van der Waals surface area contributed by atoms with Gasteiger partial charge >= 0.3 is 11.9 Å². The van der Waals surface area contributed by atoms with E-state index in [1.54, 1.807) is 24.3 Å². The van der Waals surface area contributed by atoms with Crippen molar-refractivity contribution in [2.45, 2.75) is 31.3 Å². The van der Waals surface area contributed by atoms with E-state index < -0.39 is 29.9 Å². The first-order valence-corrected chi connectivity index (χ1v) is 6.44. The summed E-state index contributed by atoms with van der Waals surface area (Å²) in [7, 11) is 0. The summed E-state index contributed by atoms with van der Waals surface area (Å²) in [6.07, 6.45) is -0.0161. The molecule has 0 aliphatic carbocycles. The predicted octanol–water partition coefficient (Wildman–Crippen LogP) is -0.834. The van der Waals surface area contributed by atoms with Crippen molar-refractivity contribution >= 4 is 17.8 Å². The molecule has 2 atom stereocenters. The minimum atomic E-state index is -1.19. The third-order valence-corrected chi connectivity index (χ3v) is 2.92. The Morgan fingerprint density at radius 1 is 1.09 bits per heavy atom. The molecule has 122 valence electrons. The zero-order chi connectivity index (χ0) is 15.8. The molecule has 0 aliphatic rings. The number of amides is 1. The molecule has 1 amide bonds. The van der Waals surface area contributed by atoms with E-state index in [0.717, 1.165) is 5.56 Å². The lowest BCUT2D eigenvalue weighted by molar-refractivity contribution is -0.142. The van der Waals surface area contributed by atoms with Crippen molar-refractivity contribution in [1.29, 1.82) is 0 Å². The fraction of sp³-hybridized carbons (Fsp3) is 0.357. The van der Waals surface area contributed by atoms with Crippen LogP contribution in [0.3, 0.4) is 0 Å². The fourth-order valence-corrected chi connectivity index (χ4v) is 1.73. The van der Waals surface area contributed by atoms with Gasteiger partial charge in [-0.05, 0) is 12.0 Å². The Morgan fingerprint density at radius 2 is 1.68 bits per heavy atom. The molecule has 0 aliphatic heterocycles. The standard InChI is InChI=1S/C14H18N2O5.H2O/c15-10(13(18)19)6-7-12(17)16-11(14(20)21)8-9-4-2-1-3-5-9;/h1-5,10-11H,6-8,15H2,(H,16,17)(H,18,19)(H,20,21);1H2/t10-,11-;/m0./s1. The van der Waals surface area contributed by atoms with Crippen LogP contribution in [0.5, 0.6) is 0 Å². The van der Waals surface area contributed by atoms with Gasteiger partial charge in [0.25, 0.3) is 0 Å². The van der Waals surface area contributed by atoms with Crippen LogP contribution in [0.1, 0.15) is 18.4 Å². The van der Waals surface area contributed by atoms with Gasteiger partial charge in [0.2, 0.25) is 5.91 Å². The highest BCUT2D eigenvalue weighted by Crippen LogP contribution is 2.04. The molecule has 0 spiro atoms. The van der Waals surface area contributed by atoms with Crippen molar-refractivity contribution in [1.82, 2.24) is 5.32 Å². The molecule has 0 heterocycles. The van der Waals surface area contributed by atoms with Gasteiger partial charge in [0.05, 0.1) is 0 Å². The number of benzene rings is 1. The van der Waals surface area contributed by atoms with Crippen LogP contribution in [0.2, 0.25) is 0 Å². The van der Waals surface area contributed by atoms with Gasteiger partial charge in [-0.25, -0.2) is 4.79 Å². The number of nitrogens with one attached hydrogen (secondary N) is 1. The van der Waals surface area contributed by atoms with Crippen molar-refractivity contribution in [3.8, 4) is 0 Å². The lowest BCUT2D eigenvalue weighted by atomic mass is 10.1. The molecule has 8 nitrogen and oxygen atoms in total. The van der Waals surface area contributed by atoms with Crippen LogP contribution in [0, 0.1) is 0 Å². The summed E-state index contributed by atoms with van der Waals surface area (Å²) < 4.78 is 0. The van der Waals surface area contributed by atoms with E-state index in [1.807, 2.05) is 6.07 Å². The second kappa shape index (κ2) is 9.48. The average molecular weight is 312 g/mol. The highest BCUT2D eigenvalue weighted by atomic mass is 16.4. The summed E-state index contributed by atoms with van der Waals surface area (Å²) in [5.41, 5.74) is 6.07. The molecule has 22 heavy (non-hydrogen) atoms. The second-order valence-corrected chi connectivity index (χ2v) is 4.63. The van der Waals surface area contributed by atoms with Crippen LogP contribution in [0.4, 0.5) is 0 Å². The summed E-state index contributed by atoms with van der Waals surface area (Å²) in [5, 5.41) is 20.1. The summed E-state index contributed by atoms with van der Waals surface area (Å²) >= 11 is 0. The molecule has 1 aromatic rings. The van der Waals surface area contributed by atoms with Crippen LogP contribution in [-0.2, 0) is 20.8 Å². The van der Waals surface area contributed by atoms with Crippen molar-refractivity contribution in [2.75, 3.05) is 0 Å². The number of carbonyl (C=O) groups is 3. The normalized spacial score (nSPS) is 12.6. The fourth-order valence-electron chi connectivity index (χ4n) is 1.73. The number of aliphatic carboxylic acids is 2. The second-order valence-electron chi connectivity index (χ2n) is 4.63. The molecule has 1 aromatic carbocycles. The van der Waals surface area contributed by atoms with Gasteiger partial charge in [-0.15, -0.1) is 0 Å². The lowest BCUT2D eigenvalue weighted by Crippen LogP contribution is -2.43. The molecule has 7 N–H and O–H groups in total. The quantitative estimate of drug-likeness (QED) is 0.489. The molecule has 8 heteroatoms. The smallest absolute Gasteiger partial charge is 0.326 e. The molecule has 0 saturated carbocycles. The zero-order valence-electron chi connectivity index (χ0n) is 11.9. The Labute approximate surface area is 127 Å². The third kappa shape index (κ3) is 6.82. The van der Waals surface area contributed by atoms with Gasteiger partial charge < -0.3 is 26.7 Å². The molecule has 0 aromatic heterocycles. The lowest BCUT2D eigenvalue weighted by Gasteiger charge is -2.15. The molecular weight excluding hydrogens is 292 g/mol. The topological polar surface area (TPSA) is 161 Å². The number of carbonyl (C=O) groups excluding carboxylic acids is 1. The van der Waals surface area contributed by atoms with Gasteiger partial charge in [0, 0.05) is 12.8 Å². The molecule has 0 fully saturated rings. The minimum Gasteiger partial charge on any atom is -0.480 e. The van der Waals surface area contributed by atoms with Gasteiger partial charge in [-0.2, -0.15) is 0 Å². The van der Waals surface area contributed by atoms with Crippen molar-refractivity contribution in [2.24, 2.45) is 5.73 Å². The summed E-state index contributed by atoms with van der Waals surface area (Å²) in [4.78, 5) is 33.3. The van der Waals surface area contributed by atoms with E-state index in [-0.39, 0.29) is 24.7 Å². The van der Waals surface area contributed by atoms with Crippen molar-refractivity contribution in [3.63, 3.8) is 0 Å². The number of rotatable bonds is 8. The predicted molar refractivity (Wildman–Crippen MR) is 78.2 cm³/mol. The summed E-state index contributed by atoms with van der Waals surface area (Å²) in [6.45, 7) is 0. The molecular formula is C14H20N2O6. The van der Waals surface area contributed by atoms with Gasteiger partial charge in [-0.3, -0.25) is 9.59 Å². The summed E-state index contributed by atoms with van der Waals surface area (Å²) in [5.74, 6) is -2.87. The maximum Gasteiger partial charge on any atom is 0.326 e. The Hall–Kier alpha value is -2.45. The maximum absolute atomic E-state index is 11.7. The largest absolute Gasteiger partial charge is 0.480 e. The van der Waals surface area contributed by atoms with Crippen LogP contribution in [0.15, 0.2) is 30.3 Å². The number of hydrogen-bond donors (Lipinski definition) is 4. The van der Waals surface area contributed by atoms with E-state index >= 15 is 0 Å². The number of hydrogen-bond acceptors (Lipinski definition) is 4. The van der Waals surface area contributed by atoms with Crippen molar-refractivity contribution in [3.05, 3.63) is 35.9 Å². The SMILES string of the molecule is N[C@@H](CCC(=O)N[C@@H](Cc1ccccc1)C(=O)O)C(=O)O.O. The van der Waals surface area contributed by atoms with Crippen LogP contribution < -0.4 is 11.1 Å². The highest BCUT2D eigenvalue weighted by molar-refractivity contribution is 5.84. The van der Waals surface area contributed by atoms with Gasteiger partial charge in [-0.1, -0.05) is 30.3 Å². The van der Waals surface area contributed by atoms with Crippen molar-refractivity contribution < 1.29 is 30.1 Å². The first-order valence-electron chi connectivity index (χ1n) is 6.44.